The maximum Gasteiger partial charge on any atom is 0.259 e. The minimum atomic E-state index is -0.350. The van der Waals surface area contributed by atoms with Crippen LogP contribution in [0.15, 0.2) is 16.0 Å². The zero-order valence-corrected chi connectivity index (χ0v) is 17.3. The lowest BCUT2D eigenvalue weighted by Crippen LogP contribution is -2.17. The molecule has 1 amide bonds. The quantitative estimate of drug-likeness (QED) is 0.588. The largest absolute Gasteiger partial charge is 0.370 e. The van der Waals surface area contributed by atoms with E-state index < -0.39 is 0 Å². The van der Waals surface area contributed by atoms with Crippen LogP contribution < -0.4 is 11.3 Å². The minimum Gasteiger partial charge on any atom is -0.370 e. The molecule has 3 aromatic rings. The molecule has 1 aliphatic rings. The maximum atomic E-state index is 12.7. The Morgan fingerprint density at radius 3 is 2.93 bits per heavy atom. The van der Waals surface area contributed by atoms with Crippen molar-refractivity contribution < 1.29 is 4.79 Å². The fourth-order valence-electron chi connectivity index (χ4n) is 3.52. The van der Waals surface area contributed by atoms with Gasteiger partial charge in [-0.25, -0.2) is 4.98 Å². The summed E-state index contributed by atoms with van der Waals surface area (Å²) < 4.78 is 3.76. The van der Waals surface area contributed by atoms with E-state index in [-0.39, 0.29) is 17.9 Å². The van der Waals surface area contributed by atoms with E-state index in [1.807, 2.05) is 11.5 Å². The summed E-state index contributed by atoms with van der Waals surface area (Å²) in [4.78, 5) is 30.5. The van der Waals surface area contributed by atoms with Crippen LogP contribution in [0.4, 0.5) is 0 Å². The molecule has 10 heteroatoms. The number of aromatic nitrogens is 5. The van der Waals surface area contributed by atoms with Crippen LogP contribution in [0.5, 0.6) is 0 Å². The second-order valence-corrected chi connectivity index (χ2v) is 8.79. The predicted molar refractivity (Wildman–Crippen MR) is 109 cm³/mol. The Labute approximate surface area is 170 Å². The number of amides is 1. The zero-order valence-electron chi connectivity index (χ0n) is 15.7. The Morgan fingerprint density at radius 2 is 2.14 bits per heavy atom. The number of thiazole rings is 1. The van der Waals surface area contributed by atoms with Gasteiger partial charge in [0.15, 0.2) is 10.1 Å². The van der Waals surface area contributed by atoms with Crippen molar-refractivity contribution in [2.75, 3.05) is 0 Å². The van der Waals surface area contributed by atoms with Crippen molar-refractivity contribution in [3.05, 3.63) is 38.5 Å². The van der Waals surface area contributed by atoms with Gasteiger partial charge in [0.2, 0.25) is 5.91 Å². The van der Waals surface area contributed by atoms with Gasteiger partial charge in [-0.15, -0.1) is 21.5 Å². The molecule has 0 saturated carbocycles. The van der Waals surface area contributed by atoms with Crippen molar-refractivity contribution in [3.63, 3.8) is 0 Å². The second kappa shape index (κ2) is 8.04. The summed E-state index contributed by atoms with van der Waals surface area (Å²) in [5.74, 6) is 0.942. The molecular formula is C18H22N6O2S2. The van der Waals surface area contributed by atoms with E-state index in [4.69, 9.17) is 10.7 Å². The molecule has 0 fully saturated rings. The van der Waals surface area contributed by atoms with Crippen LogP contribution in [0, 0.1) is 0 Å². The van der Waals surface area contributed by atoms with Gasteiger partial charge in [0, 0.05) is 41.8 Å². The number of thioether (sulfide) groups is 1. The molecule has 148 valence electrons. The molecular weight excluding hydrogens is 396 g/mol. The normalized spacial score (nSPS) is 13.8. The zero-order chi connectivity index (χ0) is 19.7. The van der Waals surface area contributed by atoms with Crippen LogP contribution >= 0.6 is 23.1 Å². The molecule has 0 spiro atoms. The molecule has 0 saturated heterocycles. The van der Waals surface area contributed by atoms with Crippen molar-refractivity contribution >= 4 is 34.0 Å². The molecule has 0 aliphatic heterocycles. The van der Waals surface area contributed by atoms with Crippen LogP contribution in [0.1, 0.15) is 48.3 Å². The number of aryl methyl sites for hydroxylation is 3. The first-order valence-corrected chi connectivity index (χ1v) is 11.2. The van der Waals surface area contributed by atoms with Gasteiger partial charge < -0.3 is 10.3 Å². The first kappa shape index (κ1) is 19.1. The average molecular weight is 419 g/mol. The van der Waals surface area contributed by atoms with E-state index in [1.54, 1.807) is 21.8 Å². The number of primary amides is 1. The third-order valence-corrected chi connectivity index (χ3v) is 7.01. The topological polar surface area (TPSA) is 108 Å². The summed E-state index contributed by atoms with van der Waals surface area (Å²) in [6, 6.07) is 1.63. The van der Waals surface area contributed by atoms with E-state index in [0.29, 0.717) is 18.7 Å². The van der Waals surface area contributed by atoms with Gasteiger partial charge in [0.25, 0.3) is 5.56 Å². The molecule has 4 rings (SSSR count). The van der Waals surface area contributed by atoms with Crippen molar-refractivity contribution in [1.82, 2.24) is 24.1 Å². The lowest BCUT2D eigenvalue weighted by Gasteiger charge is -2.10. The van der Waals surface area contributed by atoms with Gasteiger partial charge in [0.1, 0.15) is 5.82 Å². The summed E-state index contributed by atoms with van der Waals surface area (Å²) in [7, 11) is 0. The fraction of sp³-hybridized carbons (Fsp3) is 0.500. The van der Waals surface area contributed by atoms with Crippen LogP contribution in [0.2, 0.25) is 0 Å². The Bertz CT molecular complexity index is 1080. The number of hydrogen-bond donors (Lipinski definition) is 1. The van der Waals surface area contributed by atoms with Gasteiger partial charge in [-0.1, -0.05) is 11.8 Å². The fourth-order valence-corrected chi connectivity index (χ4v) is 5.66. The smallest absolute Gasteiger partial charge is 0.259 e. The van der Waals surface area contributed by atoms with Crippen molar-refractivity contribution in [3.8, 4) is 0 Å². The Hall–Kier alpha value is -2.20. The minimum absolute atomic E-state index is 0.000828. The first-order valence-electron chi connectivity index (χ1n) is 9.43. The third-order valence-electron chi connectivity index (χ3n) is 4.87. The Kier molecular flexibility index (Phi) is 5.49. The Balaban J connectivity index is 1.54. The van der Waals surface area contributed by atoms with Gasteiger partial charge in [-0.05, 0) is 32.6 Å². The average Bonchev–Trinajstić information content (AvgIpc) is 3.25. The van der Waals surface area contributed by atoms with Crippen molar-refractivity contribution in [1.29, 1.82) is 0 Å². The highest BCUT2D eigenvalue weighted by Gasteiger charge is 2.19. The van der Waals surface area contributed by atoms with Gasteiger partial charge in [-0.2, -0.15) is 0 Å². The van der Waals surface area contributed by atoms with Crippen LogP contribution in [-0.2, 0) is 36.4 Å². The van der Waals surface area contributed by atoms with Crippen LogP contribution in [0.25, 0.3) is 4.96 Å². The van der Waals surface area contributed by atoms with Crippen molar-refractivity contribution in [2.45, 2.75) is 62.9 Å². The monoisotopic (exact) mass is 418 g/mol. The molecule has 0 radical (unpaired) electrons. The molecule has 2 N–H and O–H groups in total. The number of carbonyl (C=O) groups excluding carboxylic acids is 1. The van der Waals surface area contributed by atoms with E-state index in [1.165, 1.54) is 23.1 Å². The number of nitrogens with zero attached hydrogens (tertiary/aromatic N) is 5. The molecule has 3 heterocycles. The van der Waals surface area contributed by atoms with Gasteiger partial charge >= 0.3 is 0 Å². The second-order valence-electron chi connectivity index (χ2n) is 6.78. The van der Waals surface area contributed by atoms with E-state index in [0.717, 1.165) is 46.6 Å². The standard InChI is InChI=1S/C18H22N6O2S2/c1-2-23-15(8-7-14(19)25)21-22-18(23)27-10-11-9-16(26)24-12-5-3-4-6-13(12)28-17(24)20-11/h9H,2-8,10H2,1H3,(H2,19,25). The number of hydrogen-bond acceptors (Lipinski definition) is 7. The molecule has 3 aromatic heterocycles. The first-order chi connectivity index (χ1) is 13.6. The summed E-state index contributed by atoms with van der Waals surface area (Å²) in [5.41, 5.74) is 7.12. The third kappa shape index (κ3) is 3.70. The highest BCUT2D eigenvalue weighted by Crippen LogP contribution is 2.29. The Morgan fingerprint density at radius 1 is 1.32 bits per heavy atom. The number of fused-ring (bicyclic) bond motifs is 3. The van der Waals surface area contributed by atoms with E-state index in [9.17, 15) is 9.59 Å². The summed E-state index contributed by atoms with van der Waals surface area (Å²) in [6.07, 6.45) is 5.04. The highest BCUT2D eigenvalue weighted by molar-refractivity contribution is 7.98. The lowest BCUT2D eigenvalue weighted by molar-refractivity contribution is -0.118. The molecule has 0 unspecified atom stereocenters. The highest BCUT2D eigenvalue weighted by atomic mass is 32.2. The number of rotatable bonds is 7. The summed E-state index contributed by atoms with van der Waals surface area (Å²) in [6.45, 7) is 2.71. The molecule has 0 atom stereocenters. The van der Waals surface area contributed by atoms with E-state index in [2.05, 4.69) is 10.2 Å². The maximum absolute atomic E-state index is 12.7. The van der Waals surface area contributed by atoms with Crippen LogP contribution in [-0.4, -0.2) is 30.1 Å². The molecule has 1 aliphatic carbocycles. The van der Waals surface area contributed by atoms with Crippen molar-refractivity contribution in [2.24, 2.45) is 5.73 Å². The molecule has 8 nitrogen and oxygen atoms in total. The van der Waals surface area contributed by atoms with Gasteiger partial charge in [-0.3, -0.25) is 14.0 Å². The van der Waals surface area contributed by atoms with Crippen LogP contribution in [0.3, 0.4) is 0 Å². The summed E-state index contributed by atoms with van der Waals surface area (Å²) >= 11 is 3.14. The SMILES string of the molecule is CCn1c(CCC(N)=O)nnc1SCc1cc(=O)n2c3c(sc2n1)CCCC3. The van der Waals surface area contributed by atoms with Gasteiger partial charge in [0.05, 0.1) is 5.69 Å². The lowest BCUT2D eigenvalue weighted by atomic mass is 10.0. The van der Waals surface area contributed by atoms with E-state index >= 15 is 0 Å². The predicted octanol–water partition coefficient (Wildman–Crippen LogP) is 1.96. The molecule has 0 aromatic carbocycles. The molecule has 0 bridgehead atoms. The molecule has 28 heavy (non-hydrogen) atoms. The number of carbonyl (C=O) groups is 1. The number of nitrogens with two attached hydrogens (primary N) is 1. The summed E-state index contributed by atoms with van der Waals surface area (Å²) in [5, 5.41) is 9.17.